The second-order valence-corrected chi connectivity index (χ2v) is 7.77. The zero-order valence-electron chi connectivity index (χ0n) is 12.4. The zero-order chi connectivity index (χ0) is 13.8. The highest BCUT2D eigenvalue weighted by atomic mass is 32.2. The summed E-state index contributed by atoms with van der Waals surface area (Å²) in [5, 5.41) is 2.15. The SMILES string of the molecule is CC(C)(C)CS/C=C/c1cccc(C(C)(C)C)n1. The Labute approximate surface area is 116 Å². The summed E-state index contributed by atoms with van der Waals surface area (Å²) in [4.78, 5) is 4.68. The van der Waals surface area contributed by atoms with Crippen LogP contribution in [0.2, 0.25) is 0 Å². The molecule has 1 rings (SSSR count). The monoisotopic (exact) mass is 263 g/mol. The lowest BCUT2D eigenvalue weighted by atomic mass is 9.91. The molecule has 0 spiro atoms. The van der Waals surface area contributed by atoms with Crippen LogP contribution < -0.4 is 0 Å². The van der Waals surface area contributed by atoms with E-state index in [-0.39, 0.29) is 5.41 Å². The molecule has 1 aromatic heterocycles. The third-order valence-electron chi connectivity index (χ3n) is 2.39. The third kappa shape index (κ3) is 5.72. The molecular formula is C16H25NS. The van der Waals surface area contributed by atoms with Crippen molar-refractivity contribution in [3.05, 3.63) is 35.0 Å². The molecule has 1 aromatic rings. The van der Waals surface area contributed by atoms with Gasteiger partial charge in [-0.25, -0.2) is 0 Å². The van der Waals surface area contributed by atoms with E-state index in [0.717, 1.165) is 17.1 Å². The maximum Gasteiger partial charge on any atom is 0.0638 e. The first kappa shape index (κ1) is 15.3. The van der Waals surface area contributed by atoms with Gasteiger partial charge in [-0.2, -0.15) is 0 Å². The van der Waals surface area contributed by atoms with Crippen LogP contribution in [0.5, 0.6) is 0 Å². The van der Waals surface area contributed by atoms with E-state index >= 15 is 0 Å². The van der Waals surface area contributed by atoms with Crippen molar-refractivity contribution in [2.45, 2.75) is 47.0 Å². The number of aromatic nitrogens is 1. The first-order chi connectivity index (χ1) is 8.18. The van der Waals surface area contributed by atoms with Gasteiger partial charge in [-0.05, 0) is 29.0 Å². The normalized spacial score (nSPS) is 13.2. The van der Waals surface area contributed by atoms with Gasteiger partial charge in [-0.3, -0.25) is 4.98 Å². The van der Waals surface area contributed by atoms with Crippen LogP contribution in [0.4, 0.5) is 0 Å². The van der Waals surface area contributed by atoms with Crippen LogP contribution in [0.15, 0.2) is 23.6 Å². The second kappa shape index (κ2) is 5.92. The fraction of sp³-hybridized carbons (Fsp3) is 0.562. The van der Waals surface area contributed by atoms with Gasteiger partial charge in [0.1, 0.15) is 0 Å². The Balaban J connectivity index is 2.66. The fourth-order valence-corrected chi connectivity index (χ4v) is 2.21. The van der Waals surface area contributed by atoms with Crippen molar-refractivity contribution in [3.63, 3.8) is 0 Å². The summed E-state index contributed by atoms with van der Waals surface area (Å²) < 4.78 is 0. The number of rotatable bonds is 3. The summed E-state index contributed by atoms with van der Waals surface area (Å²) in [6, 6.07) is 6.24. The van der Waals surface area contributed by atoms with Gasteiger partial charge in [-0.15, -0.1) is 11.8 Å². The van der Waals surface area contributed by atoms with Gasteiger partial charge in [-0.1, -0.05) is 47.6 Å². The van der Waals surface area contributed by atoms with Crippen LogP contribution >= 0.6 is 11.8 Å². The van der Waals surface area contributed by atoms with Crippen molar-refractivity contribution in [3.8, 4) is 0 Å². The topological polar surface area (TPSA) is 12.9 Å². The molecule has 0 bridgehead atoms. The van der Waals surface area contributed by atoms with E-state index in [1.807, 2.05) is 11.8 Å². The van der Waals surface area contributed by atoms with Crippen molar-refractivity contribution in [1.29, 1.82) is 0 Å². The van der Waals surface area contributed by atoms with Crippen molar-refractivity contribution in [2.75, 3.05) is 5.75 Å². The van der Waals surface area contributed by atoms with Crippen LogP contribution in [0, 0.1) is 5.41 Å². The van der Waals surface area contributed by atoms with Gasteiger partial charge in [0, 0.05) is 16.9 Å². The maximum absolute atomic E-state index is 4.68. The Morgan fingerprint density at radius 3 is 2.33 bits per heavy atom. The molecule has 18 heavy (non-hydrogen) atoms. The van der Waals surface area contributed by atoms with E-state index in [1.54, 1.807) is 0 Å². The predicted octanol–water partition coefficient (Wildman–Crippen LogP) is 5.13. The number of hydrogen-bond donors (Lipinski definition) is 0. The number of hydrogen-bond acceptors (Lipinski definition) is 2. The molecule has 1 nitrogen and oxygen atoms in total. The lowest BCUT2D eigenvalue weighted by molar-refractivity contribution is 0.481. The lowest BCUT2D eigenvalue weighted by Gasteiger charge is -2.17. The number of thioether (sulfide) groups is 1. The van der Waals surface area contributed by atoms with Crippen molar-refractivity contribution in [2.24, 2.45) is 5.41 Å². The zero-order valence-corrected chi connectivity index (χ0v) is 13.3. The summed E-state index contributed by atoms with van der Waals surface area (Å²) in [6.45, 7) is 13.3. The number of pyridine rings is 1. The molecule has 0 unspecified atom stereocenters. The molecule has 0 aliphatic carbocycles. The highest BCUT2D eigenvalue weighted by Gasteiger charge is 2.14. The average Bonchev–Trinajstić information content (AvgIpc) is 2.22. The molecule has 0 aromatic carbocycles. The smallest absolute Gasteiger partial charge is 0.0638 e. The predicted molar refractivity (Wildman–Crippen MR) is 83.9 cm³/mol. The molecule has 100 valence electrons. The average molecular weight is 263 g/mol. The Morgan fingerprint density at radius 1 is 1.11 bits per heavy atom. The molecule has 0 aliphatic rings. The largest absolute Gasteiger partial charge is 0.253 e. The van der Waals surface area contributed by atoms with Crippen molar-refractivity contribution >= 4 is 17.8 Å². The van der Waals surface area contributed by atoms with E-state index in [4.69, 9.17) is 0 Å². The Morgan fingerprint density at radius 2 is 1.78 bits per heavy atom. The molecule has 0 fully saturated rings. The van der Waals surface area contributed by atoms with Crippen LogP contribution in [0.3, 0.4) is 0 Å². The standard InChI is InChI=1S/C16H25NS/c1-15(2,3)12-18-11-10-13-8-7-9-14(17-13)16(4,5)6/h7-11H,12H2,1-6H3/b11-10+. The fourth-order valence-electron chi connectivity index (χ4n) is 1.38. The minimum Gasteiger partial charge on any atom is -0.253 e. The van der Waals surface area contributed by atoms with Gasteiger partial charge >= 0.3 is 0 Å². The minimum atomic E-state index is 0.113. The van der Waals surface area contributed by atoms with Gasteiger partial charge in [0.25, 0.3) is 0 Å². The van der Waals surface area contributed by atoms with Gasteiger partial charge in [0.15, 0.2) is 0 Å². The third-order valence-corrected chi connectivity index (χ3v) is 3.75. The van der Waals surface area contributed by atoms with E-state index in [9.17, 15) is 0 Å². The van der Waals surface area contributed by atoms with Crippen LogP contribution in [-0.2, 0) is 5.41 Å². The van der Waals surface area contributed by atoms with E-state index in [2.05, 4.69) is 76.2 Å². The molecule has 0 N–H and O–H groups in total. The van der Waals surface area contributed by atoms with E-state index < -0.39 is 0 Å². The van der Waals surface area contributed by atoms with Crippen molar-refractivity contribution in [1.82, 2.24) is 4.98 Å². The summed E-state index contributed by atoms with van der Waals surface area (Å²) in [5.74, 6) is 1.13. The molecule has 1 heterocycles. The molecule has 0 radical (unpaired) electrons. The van der Waals surface area contributed by atoms with Crippen molar-refractivity contribution < 1.29 is 0 Å². The first-order valence-electron chi connectivity index (χ1n) is 6.44. The molecule has 0 aliphatic heterocycles. The highest BCUT2D eigenvalue weighted by Crippen LogP contribution is 2.23. The highest BCUT2D eigenvalue weighted by molar-refractivity contribution is 8.02. The maximum atomic E-state index is 4.68. The van der Waals surface area contributed by atoms with Gasteiger partial charge < -0.3 is 0 Å². The summed E-state index contributed by atoms with van der Waals surface area (Å²) in [5.41, 5.74) is 2.67. The Hall–Kier alpha value is -0.760. The minimum absolute atomic E-state index is 0.113. The quantitative estimate of drug-likeness (QED) is 0.750. The van der Waals surface area contributed by atoms with Crippen LogP contribution in [0.1, 0.15) is 52.9 Å². The summed E-state index contributed by atoms with van der Waals surface area (Å²) in [7, 11) is 0. The summed E-state index contributed by atoms with van der Waals surface area (Å²) in [6.07, 6.45) is 2.10. The second-order valence-electron chi connectivity index (χ2n) is 6.87. The Kier molecular flexibility index (Phi) is 5.03. The van der Waals surface area contributed by atoms with E-state index in [0.29, 0.717) is 5.41 Å². The molecule has 0 atom stereocenters. The summed E-state index contributed by atoms with van der Waals surface area (Å²) >= 11 is 1.85. The molecule has 0 saturated carbocycles. The molecule has 2 heteroatoms. The van der Waals surface area contributed by atoms with Crippen LogP contribution in [-0.4, -0.2) is 10.7 Å². The molecule has 0 saturated heterocycles. The lowest BCUT2D eigenvalue weighted by Crippen LogP contribution is -2.13. The molecular weight excluding hydrogens is 238 g/mol. The van der Waals surface area contributed by atoms with Crippen LogP contribution in [0.25, 0.3) is 6.08 Å². The van der Waals surface area contributed by atoms with Gasteiger partial charge in [0.05, 0.1) is 5.69 Å². The first-order valence-corrected chi connectivity index (χ1v) is 7.49. The van der Waals surface area contributed by atoms with Gasteiger partial charge in [0.2, 0.25) is 0 Å². The Bertz CT molecular complexity index is 408. The van der Waals surface area contributed by atoms with E-state index in [1.165, 1.54) is 0 Å². The molecule has 0 amide bonds. The number of nitrogens with zero attached hydrogens (tertiary/aromatic N) is 1.